The Morgan fingerprint density at radius 2 is 0.936 bits per heavy atom. The number of non-ortho nitro benzene ring substituents is 2. The lowest BCUT2D eigenvalue weighted by Gasteiger charge is -2.18. The van der Waals surface area contributed by atoms with Crippen LogP contribution in [0.25, 0.3) is 0 Å². The number of hydrogen-bond acceptors (Lipinski definition) is 18. The maximum Gasteiger partial charge on any atom is 0.325 e. The molecule has 24 heteroatoms. The van der Waals surface area contributed by atoms with Crippen LogP contribution in [0.3, 0.4) is 0 Å². The molecule has 4 N–H and O–H groups in total. The molecule has 3 aromatic rings. The first-order valence-electron chi connectivity index (χ1n) is 12.1. The zero-order valence-corrected chi connectivity index (χ0v) is 22.9. The highest BCUT2D eigenvalue weighted by Crippen LogP contribution is 2.37. The number of esters is 2. The summed E-state index contributed by atoms with van der Waals surface area (Å²) in [6.45, 7) is -2.62. The second-order valence-corrected chi connectivity index (χ2v) is 8.97. The van der Waals surface area contributed by atoms with Crippen molar-refractivity contribution in [2.75, 3.05) is 11.5 Å². The summed E-state index contributed by atoms with van der Waals surface area (Å²) >= 11 is 0. The Balaban J connectivity index is 2.06. The van der Waals surface area contributed by atoms with E-state index in [0.29, 0.717) is 24.3 Å². The summed E-state index contributed by atoms with van der Waals surface area (Å²) in [5.74, 6) is -5.59. The van der Waals surface area contributed by atoms with Gasteiger partial charge >= 0.3 is 11.9 Å². The summed E-state index contributed by atoms with van der Waals surface area (Å²) in [5, 5.41) is 68.6. The minimum absolute atomic E-state index is 0.198. The van der Waals surface area contributed by atoms with Gasteiger partial charge in [0.2, 0.25) is 0 Å². The van der Waals surface area contributed by atoms with Crippen molar-refractivity contribution in [2.24, 2.45) is 0 Å². The molecule has 0 atom stereocenters. The van der Waals surface area contributed by atoms with Gasteiger partial charge in [-0.2, -0.15) is 0 Å². The molecule has 0 fully saturated rings. The molecule has 0 radical (unpaired) electrons. The van der Waals surface area contributed by atoms with Gasteiger partial charge in [-0.25, -0.2) is 0 Å². The number of benzene rings is 3. The molecule has 3 rings (SSSR count). The molecular formula is C23H16N8O16. The number of nitro benzene ring substituents is 6. The lowest BCUT2D eigenvalue weighted by molar-refractivity contribution is -0.404. The largest absolute Gasteiger partial charge is 0.459 e. The number of anilines is 2. The molecule has 0 aromatic heterocycles. The molecule has 0 spiro atoms. The number of carbonyl (C=O) groups is 2. The number of nitrogens with two attached hydrogens (primary N) is 2. The van der Waals surface area contributed by atoms with Crippen molar-refractivity contribution in [3.05, 3.63) is 120 Å². The molecule has 0 aliphatic rings. The van der Waals surface area contributed by atoms with Crippen LogP contribution in [0.4, 0.5) is 45.5 Å². The Morgan fingerprint density at radius 1 is 0.596 bits per heavy atom. The third-order valence-corrected chi connectivity index (χ3v) is 6.26. The first kappa shape index (κ1) is 34.1. The van der Waals surface area contributed by atoms with Crippen LogP contribution in [0.5, 0.6) is 0 Å². The van der Waals surface area contributed by atoms with E-state index in [-0.39, 0.29) is 5.69 Å². The van der Waals surface area contributed by atoms with E-state index < -0.39 is 117 Å². The van der Waals surface area contributed by atoms with E-state index in [2.05, 4.69) is 0 Å². The van der Waals surface area contributed by atoms with E-state index in [0.717, 1.165) is 6.07 Å². The molecule has 0 unspecified atom stereocenters. The van der Waals surface area contributed by atoms with Crippen molar-refractivity contribution in [2.45, 2.75) is 19.1 Å². The van der Waals surface area contributed by atoms with Crippen LogP contribution in [0.15, 0.2) is 42.5 Å². The van der Waals surface area contributed by atoms with Gasteiger partial charge in [0.1, 0.15) is 24.3 Å². The summed E-state index contributed by atoms with van der Waals surface area (Å²) in [4.78, 5) is 87.9. The Labute approximate surface area is 257 Å². The SMILES string of the molecule is Nc1cccc(C(C(=O)OCc2c([N+](=O)[O-])cc([N+](=O)[O-])cc2[N+](=O)[O-])C(=O)OCc2c([N+](=O)[O-])cc([N+](=O)[O-])cc2[N+](=O)[O-])c1N. The minimum atomic E-state index is -2.29. The van der Waals surface area contributed by atoms with Gasteiger partial charge in [0, 0.05) is 5.56 Å². The van der Waals surface area contributed by atoms with Gasteiger partial charge in [-0.3, -0.25) is 70.3 Å². The molecule has 0 bridgehead atoms. The van der Waals surface area contributed by atoms with Crippen LogP contribution in [0.1, 0.15) is 22.6 Å². The quantitative estimate of drug-likeness (QED) is 0.0874. The number of rotatable bonds is 13. The fraction of sp³-hybridized carbons (Fsp3) is 0.130. The van der Waals surface area contributed by atoms with Crippen molar-refractivity contribution in [1.82, 2.24) is 0 Å². The standard InChI is InChI=1S/C23H16N8O16/c24-15-3-1-2-12(21(15)25)20(22(32)46-8-13-16(28(38)39)4-10(26(34)35)5-17(13)29(40)41)23(33)47-9-14-18(30(42)43)6-11(27(36)37)7-19(14)31(44)45/h1-7,20H,8-9,24-25H2. The number of para-hydroxylation sites is 1. The van der Waals surface area contributed by atoms with Crippen LogP contribution in [0.2, 0.25) is 0 Å². The van der Waals surface area contributed by atoms with Gasteiger partial charge in [-0.15, -0.1) is 0 Å². The zero-order chi connectivity index (χ0) is 35.3. The van der Waals surface area contributed by atoms with Crippen molar-refractivity contribution in [3.8, 4) is 0 Å². The number of nitro groups is 6. The Bertz CT molecular complexity index is 1710. The number of nitrogen functional groups attached to an aromatic ring is 2. The highest BCUT2D eigenvalue weighted by Gasteiger charge is 2.38. The van der Waals surface area contributed by atoms with E-state index in [1.165, 1.54) is 12.1 Å². The molecule has 47 heavy (non-hydrogen) atoms. The van der Waals surface area contributed by atoms with Crippen LogP contribution >= 0.6 is 0 Å². The van der Waals surface area contributed by atoms with Gasteiger partial charge in [-0.1, -0.05) is 12.1 Å². The average molecular weight is 660 g/mol. The molecule has 0 heterocycles. The van der Waals surface area contributed by atoms with Crippen molar-refractivity contribution >= 4 is 57.4 Å². The summed E-state index contributed by atoms with van der Waals surface area (Å²) in [6.07, 6.45) is 0. The summed E-state index contributed by atoms with van der Waals surface area (Å²) < 4.78 is 9.91. The maximum absolute atomic E-state index is 13.3. The van der Waals surface area contributed by atoms with Crippen LogP contribution in [-0.2, 0) is 32.3 Å². The lowest BCUT2D eigenvalue weighted by atomic mass is 9.96. The molecule has 244 valence electrons. The molecule has 0 amide bonds. The van der Waals surface area contributed by atoms with Crippen LogP contribution in [0, 0.1) is 60.7 Å². The average Bonchev–Trinajstić information content (AvgIpc) is 2.99. The highest BCUT2D eigenvalue weighted by atomic mass is 16.7. The topological polar surface area (TPSA) is 363 Å². The van der Waals surface area contributed by atoms with E-state index in [4.69, 9.17) is 20.9 Å². The Morgan fingerprint density at radius 3 is 1.23 bits per heavy atom. The minimum Gasteiger partial charge on any atom is -0.459 e. The predicted molar refractivity (Wildman–Crippen MR) is 150 cm³/mol. The second kappa shape index (κ2) is 13.5. The first-order chi connectivity index (χ1) is 22.0. The normalized spacial score (nSPS) is 10.6. The van der Waals surface area contributed by atoms with Crippen LogP contribution in [-0.4, -0.2) is 41.5 Å². The number of hydrogen-bond donors (Lipinski definition) is 2. The fourth-order valence-corrected chi connectivity index (χ4v) is 4.07. The lowest BCUT2D eigenvalue weighted by Crippen LogP contribution is -2.27. The van der Waals surface area contributed by atoms with E-state index in [1.54, 1.807) is 0 Å². The molecule has 0 saturated heterocycles. The number of carbonyl (C=O) groups excluding carboxylic acids is 2. The van der Waals surface area contributed by atoms with Gasteiger partial charge < -0.3 is 20.9 Å². The van der Waals surface area contributed by atoms with E-state index in [9.17, 15) is 70.3 Å². The zero-order valence-electron chi connectivity index (χ0n) is 22.9. The Kier molecular flexibility index (Phi) is 9.79. The summed E-state index contributed by atoms with van der Waals surface area (Å²) in [6, 6.07) is 4.95. The third kappa shape index (κ3) is 7.22. The van der Waals surface area contributed by atoms with Crippen LogP contribution < -0.4 is 11.5 Å². The fourth-order valence-electron chi connectivity index (χ4n) is 4.07. The molecule has 24 nitrogen and oxygen atoms in total. The van der Waals surface area contributed by atoms with Gasteiger partial charge in [0.05, 0.1) is 65.2 Å². The third-order valence-electron chi connectivity index (χ3n) is 6.26. The highest BCUT2D eigenvalue weighted by molar-refractivity contribution is 6.02. The molecule has 0 aliphatic carbocycles. The van der Waals surface area contributed by atoms with Crippen molar-refractivity contribution in [3.63, 3.8) is 0 Å². The first-order valence-corrected chi connectivity index (χ1v) is 12.1. The molecule has 0 saturated carbocycles. The van der Waals surface area contributed by atoms with E-state index in [1.807, 2.05) is 0 Å². The van der Waals surface area contributed by atoms with Gasteiger partial charge in [-0.05, 0) is 6.07 Å². The van der Waals surface area contributed by atoms with E-state index >= 15 is 0 Å². The summed E-state index contributed by atoms with van der Waals surface area (Å²) in [7, 11) is 0. The molecule has 3 aromatic carbocycles. The van der Waals surface area contributed by atoms with Gasteiger partial charge in [0.25, 0.3) is 34.1 Å². The number of ether oxygens (including phenoxy) is 2. The smallest absolute Gasteiger partial charge is 0.325 e. The Hall–Kier alpha value is -7.40. The molecule has 0 aliphatic heterocycles. The van der Waals surface area contributed by atoms with Gasteiger partial charge in [0.15, 0.2) is 5.92 Å². The second-order valence-electron chi connectivity index (χ2n) is 8.97. The maximum atomic E-state index is 13.3. The predicted octanol–water partition coefficient (Wildman–Crippen LogP) is 2.87. The monoisotopic (exact) mass is 660 g/mol. The van der Waals surface area contributed by atoms with Crippen molar-refractivity contribution < 1.29 is 48.6 Å². The van der Waals surface area contributed by atoms with Crippen molar-refractivity contribution in [1.29, 1.82) is 0 Å². The molecular weight excluding hydrogens is 644 g/mol. The number of nitrogens with zero attached hydrogens (tertiary/aromatic N) is 6. The summed E-state index contributed by atoms with van der Waals surface area (Å²) in [5.41, 5.74) is 1.88.